The van der Waals surface area contributed by atoms with Crippen LogP contribution in [-0.4, -0.2) is 31.5 Å². The van der Waals surface area contributed by atoms with Crippen LogP contribution >= 0.6 is 35.0 Å². The van der Waals surface area contributed by atoms with Gasteiger partial charge in [0, 0.05) is 34.4 Å². The van der Waals surface area contributed by atoms with Gasteiger partial charge < -0.3 is 4.57 Å². The Bertz CT molecular complexity index is 1120. The van der Waals surface area contributed by atoms with Gasteiger partial charge in [0.15, 0.2) is 5.84 Å². The number of carbonyl (C=O) groups is 1. The number of benzene rings is 1. The fourth-order valence-electron chi connectivity index (χ4n) is 2.92. The van der Waals surface area contributed by atoms with Crippen LogP contribution in [0, 0.1) is 11.3 Å². The first-order valence-corrected chi connectivity index (χ1v) is 10.5. The molecule has 1 amide bonds. The van der Waals surface area contributed by atoms with E-state index in [0.717, 1.165) is 16.3 Å². The molecule has 4 rings (SSSR count). The molecule has 0 fully saturated rings. The number of halogens is 2. The predicted molar refractivity (Wildman–Crippen MR) is 120 cm³/mol. The third kappa shape index (κ3) is 3.90. The number of fused-ring (bicyclic) bond motifs is 1. The monoisotopic (exact) mass is 445 g/mol. The highest BCUT2D eigenvalue weighted by Gasteiger charge is 2.36. The lowest BCUT2D eigenvalue weighted by atomic mass is 10.1. The summed E-state index contributed by atoms with van der Waals surface area (Å²) < 4.78 is 1.95. The van der Waals surface area contributed by atoms with Crippen LogP contribution in [-0.2, 0) is 11.3 Å². The van der Waals surface area contributed by atoms with E-state index in [1.807, 2.05) is 42.8 Å². The van der Waals surface area contributed by atoms with Gasteiger partial charge in [-0.05, 0) is 47.7 Å². The molecule has 148 valence electrons. The van der Waals surface area contributed by atoms with Crippen LogP contribution in [0.3, 0.4) is 0 Å². The Morgan fingerprint density at radius 3 is 2.79 bits per heavy atom. The molecule has 0 spiro atoms. The van der Waals surface area contributed by atoms with Gasteiger partial charge in [0.1, 0.15) is 5.04 Å². The van der Waals surface area contributed by atoms with Crippen molar-refractivity contribution in [2.24, 2.45) is 16.0 Å². The topological polar surface area (TPSA) is 73.8 Å². The number of hydrazone groups is 1. The number of rotatable bonds is 4. The van der Waals surface area contributed by atoms with Crippen molar-refractivity contribution in [3.63, 3.8) is 0 Å². The van der Waals surface area contributed by atoms with Gasteiger partial charge in [-0.2, -0.15) is 15.1 Å². The molecule has 6 nitrogen and oxygen atoms in total. The quantitative estimate of drug-likeness (QED) is 0.663. The van der Waals surface area contributed by atoms with Gasteiger partial charge in [-0.1, -0.05) is 43.1 Å². The summed E-state index contributed by atoms with van der Waals surface area (Å²) in [5.41, 5.74) is 1.87. The fourth-order valence-corrected chi connectivity index (χ4v) is 4.28. The molecule has 0 unspecified atom stereocenters. The van der Waals surface area contributed by atoms with E-state index in [1.165, 1.54) is 16.8 Å². The molecule has 0 saturated heterocycles. The van der Waals surface area contributed by atoms with Crippen molar-refractivity contribution < 1.29 is 4.79 Å². The third-order valence-corrected chi connectivity index (χ3v) is 6.27. The first-order valence-electron chi connectivity index (χ1n) is 8.92. The summed E-state index contributed by atoms with van der Waals surface area (Å²) >= 11 is 13.6. The summed E-state index contributed by atoms with van der Waals surface area (Å²) in [6, 6.07) is 9.11. The number of amidine groups is 2. The summed E-state index contributed by atoms with van der Waals surface area (Å²) in [7, 11) is 0. The van der Waals surface area contributed by atoms with Gasteiger partial charge in [0.2, 0.25) is 5.17 Å². The highest BCUT2D eigenvalue weighted by Crippen LogP contribution is 2.31. The van der Waals surface area contributed by atoms with Crippen LogP contribution in [0.4, 0.5) is 0 Å². The van der Waals surface area contributed by atoms with Gasteiger partial charge in [0.25, 0.3) is 5.91 Å². The van der Waals surface area contributed by atoms with Crippen LogP contribution in [0.25, 0.3) is 6.08 Å². The number of carbonyl (C=O) groups excluding carboxylic acids is 1. The maximum absolute atomic E-state index is 12.6. The van der Waals surface area contributed by atoms with Crippen molar-refractivity contribution in [3.05, 3.63) is 63.4 Å². The molecule has 0 aliphatic carbocycles. The molecule has 0 saturated carbocycles. The number of hydrogen-bond acceptors (Lipinski definition) is 4. The predicted octanol–water partition coefficient (Wildman–Crippen LogP) is 5.12. The molecular formula is C20H17Cl2N5OS. The average Bonchev–Trinajstić information content (AvgIpc) is 3.28. The molecule has 29 heavy (non-hydrogen) atoms. The van der Waals surface area contributed by atoms with E-state index in [1.54, 1.807) is 18.2 Å². The van der Waals surface area contributed by atoms with Gasteiger partial charge >= 0.3 is 0 Å². The van der Waals surface area contributed by atoms with Crippen molar-refractivity contribution >= 4 is 63.0 Å². The van der Waals surface area contributed by atoms with Crippen LogP contribution in [0.15, 0.2) is 52.2 Å². The highest BCUT2D eigenvalue weighted by atomic mass is 35.5. The Morgan fingerprint density at radius 2 is 2.07 bits per heavy atom. The Kier molecular flexibility index (Phi) is 5.38. The SMILES string of the molecule is CC(C)C1=NN2C(=N)/C(=C/c3cccn3Cc3ccc(Cl)cc3Cl)C(=O)N=C2S1. The minimum Gasteiger partial charge on any atom is -0.343 e. The molecule has 1 aromatic heterocycles. The Morgan fingerprint density at radius 1 is 1.28 bits per heavy atom. The maximum Gasteiger partial charge on any atom is 0.283 e. The Hall–Kier alpha value is -2.35. The van der Waals surface area contributed by atoms with Crippen LogP contribution < -0.4 is 0 Å². The number of aromatic nitrogens is 1. The third-order valence-electron chi connectivity index (χ3n) is 4.48. The number of aliphatic imine (C=N–C) groups is 1. The van der Waals surface area contributed by atoms with Gasteiger partial charge in [-0.3, -0.25) is 10.2 Å². The molecular weight excluding hydrogens is 429 g/mol. The second kappa shape index (κ2) is 7.82. The van der Waals surface area contributed by atoms with Crippen molar-refractivity contribution in [3.8, 4) is 0 Å². The van der Waals surface area contributed by atoms with Crippen molar-refractivity contribution in [2.45, 2.75) is 20.4 Å². The normalized spacial score (nSPS) is 17.8. The maximum atomic E-state index is 12.6. The molecule has 0 bridgehead atoms. The van der Waals surface area contributed by atoms with Crippen molar-refractivity contribution in [1.29, 1.82) is 5.41 Å². The lowest BCUT2D eigenvalue weighted by Gasteiger charge is -2.20. The van der Waals surface area contributed by atoms with Crippen LogP contribution in [0.1, 0.15) is 25.1 Å². The standard InChI is InChI=1S/C20H17Cl2N5OS/c1-11(2)19-25-27-17(23)15(18(28)24-20(27)29-19)9-14-4-3-7-26(14)10-12-5-6-13(21)8-16(12)22/h3-9,11,23H,10H2,1-2H3/b15-9-,23-17?. The summed E-state index contributed by atoms with van der Waals surface area (Å²) in [4.78, 5) is 16.7. The van der Waals surface area contributed by atoms with E-state index in [0.29, 0.717) is 21.8 Å². The summed E-state index contributed by atoms with van der Waals surface area (Å²) in [5, 5.41) is 16.8. The molecule has 3 heterocycles. The van der Waals surface area contributed by atoms with E-state index in [2.05, 4.69) is 10.1 Å². The molecule has 2 aliphatic heterocycles. The minimum atomic E-state index is -0.439. The van der Waals surface area contributed by atoms with Gasteiger partial charge in [0.05, 0.1) is 5.57 Å². The molecule has 1 aromatic carbocycles. The largest absolute Gasteiger partial charge is 0.343 e. The Labute approximate surface area is 182 Å². The molecule has 0 atom stereocenters. The highest BCUT2D eigenvalue weighted by molar-refractivity contribution is 8.27. The average molecular weight is 446 g/mol. The minimum absolute atomic E-state index is 0.0282. The van der Waals surface area contributed by atoms with E-state index in [4.69, 9.17) is 28.6 Å². The number of thioether (sulfide) groups is 1. The second-order valence-electron chi connectivity index (χ2n) is 6.91. The molecule has 2 aromatic rings. The van der Waals surface area contributed by atoms with Crippen molar-refractivity contribution in [1.82, 2.24) is 9.58 Å². The van der Waals surface area contributed by atoms with Gasteiger partial charge in [-0.15, -0.1) is 0 Å². The molecule has 0 radical (unpaired) electrons. The zero-order valence-corrected chi connectivity index (χ0v) is 18.0. The van der Waals surface area contributed by atoms with E-state index in [-0.39, 0.29) is 17.3 Å². The van der Waals surface area contributed by atoms with Crippen LogP contribution in [0.5, 0.6) is 0 Å². The Balaban J connectivity index is 1.65. The van der Waals surface area contributed by atoms with Crippen LogP contribution in [0.2, 0.25) is 10.0 Å². The number of amides is 1. The van der Waals surface area contributed by atoms with Gasteiger partial charge in [-0.25, -0.2) is 0 Å². The number of hydrogen-bond donors (Lipinski definition) is 1. The zero-order valence-electron chi connectivity index (χ0n) is 15.7. The first-order chi connectivity index (χ1) is 13.8. The van der Waals surface area contributed by atoms with E-state index >= 15 is 0 Å². The lowest BCUT2D eigenvalue weighted by Crippen LogP contribution is -2.35. The first kappa shape index (κ1) is 19.9. The smallest absolute Gasteiger partial charge is 0.283 e. The summed E-state index contributed by atoms with van der Waals surface area (Å²) in [6.45, 7) is 4.54. The molecule has 2 aliphatic rings. The number of nitrogens with one attached hydrogen (secondary N) is 1. The summed E-state index contributed by atoms with van der Waals surface area (Å²) in [6.07, 6.45) is 3.56. The number of nitrogens with zero attached hydrogens (tertiary/aromatic N) is 4. The fraction of sp³-hybridized carbons (Fsp3) is 0.200. The van der Waals surface area contributed by atoms with Crippen molar-refractivity contribution in [2.75, 3.05) is 0 Å². The second-order valence-corrected chi connectivity index (χ2v) is 8.74. The molecule has 1 N–H and O–H groups in total. The molecule has 9 heteroatoms. The summed E-state index contributed by atoms with van der Waals surface area (Å²) in [5.74, 6) is -0.211. The van der Waals surface area contributed by atoms with E-state index in [9.17, 15) is 4.79 Å². The zero-order chi connectivity index (χ0) is 20.7. The lowest BCUT2D eigenvalue weighted by molar-refractivity contribution is -0.114. The van der Waals surface area contributed by atoms with E-state index < -0.39 is 5.91 Å².